The molecular weight excluding hydrogens is 174 g/mol. The highest BCUT2D eigenvalue weighted by Crippen LogP contribution is 2.36. The van der Waals surface area contributed by atoms with Crippen LogP contribution in [-0.4, -0.2) is 5.54 Å². The number of azo groups is 1. The maximum Gasteiger partial charge on any atom is 0.167 e. The summed E-state index contributed by atoms with van der Waals surface area (Å²) >= 11 is 0. The maximum atomic E-state index is 8.89. The molecule has 0 N–H and O–H groups in total. The summed E-state index contributed by atoms with van der Waals surface area (Å²) in [5.41, 5.74) is 0.510. The Kier molecular flexibility index (Phi) is 2.05. The van der Waals surface area contributed by atoms with E-state index in [-0.39, 0.29) is 6.04 Å². The molecule has 1 aromatic carbocycles. The molecule has 0 radical (unpaired) electrons. The summed E-state index contributed by atoms with van der Waals surface area (Å²) in [6.07, 6.45) is 0.688. The van der Waals surface area contributed by atoms with Crippen molar-refractivity contribution in [1.82, 2.24) is 0 Å². The van der Waals surface area contributed by atoms with Gasteiger partial charge in [-0.25, -0.2) is 0 Å². The number of nitrogens with zero attached hydrogens (tertiary/aromatic N) is 3. The second-order valence-corrected chi connectivity index (χ2v) is 3.73. The van der Waals surface area contributed by atoms with Gasteiger partial charge in [0.15, 0.2) is 5.54 Å². The van der Waals surface area contributed by atoms with E-state index in [2.05, 4.69) is 16.3 Å². The fraction of sp³-hybridized carbons (Fsp3) is 0.364. The van der Waals surface area contributed by atoms with Gasteiger partial charge in [0.2, 0.25) is 0 Å². The van der Waals surface area contributed by atoms with Gasteiger partial charge in [0, 0.05) is 6.42 Å². The average Bonchev–Trinajstić information content (AvgIpc) is 2.63. The summed E-state index contributed by atoms with van der Waals surface area (Å²) < 4.78 is 0. The molecule has 3 heteroatoms. The summed E-state index contributed by atoms with van der Waals surface area (Å²) in [6.45, 7) is 1.82. The van der Waals surface area contributed by atoms with Gasteiger partial charge in [-0.2, -0.15) is 15.5 Å². The Balaban J connectivity index is 2.20. The number of nitriles is 1. The molecule has 0 aliphatic carbocycles. The van der Waals surface area contributed by atoms with Crippen LogP contribution in [0, 0.1) is 11.3 Å². The predicted octanol–water partition coefficient (Wildman–Crippen LogP) is 2.87. The first-order chi connectivity index (χ1) is 6.73. The number of hydrogen-bond acceptors (Lipinski definition) is 3. The molecule has 0 saturated heterocycles. The monoisotopic (exact) mass is 185 g/mol. The summed E-state index contributed by atoms with van der Waals surface area (Å²) in [5, 5.41) is 17.0. The van der Waals surface area contributed by atoms with Gasteiger partial charge in [0.05, 0.1) is 12.1 Å². The van der Waals surface area contributed by atoms with E-state index in [9.17, 15) is 0 Å². The lowest BCUT2D eigenvalue weighted by Gasteiger charge is -2.10. The lowest BCUT2D eigenvalue weighted by Crippen LogP contribution is -2.16. The van der Waals surface area contributed by atoms with Crippen LogP contribution in [0.25, 0.3) is 0 Å². The highest BCUT2D eigenvalue weighted by atomic mass is 15.2. The molecule has 0 saturated carbocycles. The third-order valence-corrected chi connectivity index (χ3v) is 2.43. The van der Waals surface area contributed by atoms with E-state index in [1.807, 2.05) is 37.3 Å². The Morgan fingerprint density at radius 2 is 2.14 bits per heavy atom. The van der Waals surface area contributed by atoms with Gasteiger partial charge in [0.25, 0.3) is 0 Å². The maximum absolute atomic E-state index is 8.89. The molecule has 0 amide bonds. The normalized spacial score (nSPS) is 30.1. The van der Waals surface area contributed by atoms with E-state index < -0.39 is 5.54 Å². The van der Waals surface area contributed by atoms with E-state index in [0.29, 0.717) is 6.42 Å². The summed E-state index contributed by atoms with van der Waals surface area (Å²) in [7, 11) is 0. The SMILES string of the molecule is CC1(C#N)CC(c2ccccc2)N=N1. The average molecular weight is 185 g/mol. The van der Waals surface area contributed by atoms with Crippen LogP contribution >= 0.6 is 0 Å². The summed E-state index contributed by atoms with van der Waals surface area (Å²) in [4.78, 5) is 0. The third-order valence-electron chi connectivity index (χ3n) is 2.43. The molecule has 0 aromatic heterocycles. The van der Waals surface area contributed by atoms with Gasteiger partial charge in [-0.15, -0.1) is 0 Å². The molecule has 2 atom stereocenters. The minimum atomic E-state index is -0.624. The third kappa shape index (κ3) is 1.51. The van der Waals surface area contributed by atoms with Crippen LogP contribution in [0.15, 0.2) is 40.6 Å². The Bertz CT molecular complexity index is 391. The second kappa shape index (κ2) is 3.22. The van der Waals surface area contributed by atoms with Gasteiger partial charge < -0.3 is 0 Å². The summed E-state index contributed by atoms with van der Waals surface area (Å²) in [6, 6.07) is 12.2. The Hall–Kier alpha value is -1.69. The summed E-state index contributed by atoms with van der Waals surface area (Å²) in [5.74, 6) is 0. The lowest BCUT2D eigenvalue weighted by molar-refractivity contribution is 0.570. The molecule has 1 aromatic rings. The quantitative estimate of drug-likeness (QED) is 0.663. The largest absolute Gasteiger partial charge is 0.196 e. The molecule has 70 valence electrons. The molecule has 2 rings (SSSR count). The molecular formula is C11H11N3. The fourth-order valence-electron chi connectivity index (χ4n) is 1.58. The smallest absolute Gasteiger partial charge is 0.167 e. The number of rotatable bonds is 1. The predicted molar refractivity (Wildman–Crippen MR) is 52.7 cm³/mol. The van der Waals surface area contributed by atoms with Crippen LogP contribution in [0.5, 0.6) is 0 Å². The fourth-order valence-corrected chi connectivity index (χ4v) is 1.58. The van der Waals surface area contributed by atoms with Crippen molar-refractivity contribution in [2.45, 2.75) is 24.9 Å². The molecule has 3 nitrogen and oxygen atoms in total. The minimum Gasteiger partial charge on any atom is -0.196 e. The van der Waals surface area contributed by atoms with Crippen molar-refractivity contribution >= 4 is 0 Å². The number of benzene rings is 1. The lowest BCUT2D eigenvalue weighted by atomic mass is 9.94. The van der Waals surface area contributed by atoms with Crippen LogP contribution in [0.3, 0.4) is 0 Å². The van der Waals surface area contributed by atoms with E-state index in [1.165, 1.54) is 0 Å². The van der Waals surface area contributed by atoms with Crippen molar-refractivity contribution in [3.05, 3.63) is 35.9 Å². The highest BCUT2D eigenvalue weighted by molar-refractivity contribution is 5.22. The van der Waals surface area contributed by atoms with Crippen molar-refractivity contribution in [1.29, 1.82) is 5.26 Å². The molecule has 2 unspecified atom stereocenters. The van der Waals surface area contributed by atoms with Crippen molar-refractivity contribution in [3.8, 4) is 6.07 Å². The van der Waals surface area contributed by atoms with Crippen LogP contribution in [0.1, 0.15) is 24.9 Å². The van der Waals surface area contributed by atoms with E-state index in [1.54, 1.807) is 0 Å². The molecule has 0 spiro atoms. The van der Waals surface area contributed by atoms with Crippen LogP contribution in [0.4, 0.5) is 0 Å². The van der Waals surface area contributed by atoms with Gasteiger partial charge in [-0.1, -0.05) is 30.3 Å². The molecule has 14 heavy (non-hydrogen) atoms. The molecule has 0 fully saturated rings. The first kappa shape index (κ1) is 8.89. The van der Waals surface area contributed by atoms with E-state index >= 15 is 0 Å². The zero-order chi connectivity index (χ0) is 10.0. The Morgan fingerprint density at radius 3 is 2.71 bits per heavy atom. The standard InChI is InChI=1S/C11H11N3/c1-11(8-12)7-10(13-14-11)9-5-3-2-4-6-9/h2-6,10H,7H2,1H3. The van der Waals surface area contributed by atoms with Gasteiger partial charge in [0.1, 0.15) is 0 Å². The highest BCUT2D eigenvalue weighted by Gasteiger charge is 2.34. The topological polar surface area (TPSA) is 48.5 Å². The van der Waals surface area contributed by atoms with Gasteiger partial charge >= 0.3 is 0 Å². The zero-order valence-corrected chi connectivity index (χ0v) is 8.01. The first-order valence-electron chi connectivity index (χ1n) is 4.62. The van der Waals surface area contributed by atoms with Crippen LogP contribution in [-0.2, 0) is 0 Å². The minimum absolute atomic E-state index is 0.0563. The Labute approximate surface area is 83.1 Å². The van der Waals surface area contributed by atoms with Gasteiger partial charge in [-0.05, 0) is 12.5 Å². The first-order valence-corrected chi connectivity index (χ1v) is 4.62. The number of hydrogen-bond donors (Lipinski definition) is 0. The van der Waals surface area contributed by atoms with Crippen molar-refractivity contribution in [2.24, 2.45) is 10.2 Å². The van der Waals surface area contributed by atoms with E-state index in [4.69, 9.17) is 5.26 Å². The van der Waals surface area contributed by atoms with Crippen molar-refractivity contribution in [2.75, 3.05) is 0 Å². The molecule has 1 aliphatic heterocycles. The Morgan fingerprint density at radius 1 is 1.43 bits per heavy atom. The van der Waals surface area contributed by atoms with Crippen LogP contribution < -0.4 is 0 Å². The van der Waals surface area contributed by atoms with E-state index in [0.717, 1.165) is 5.56 Å². The van der Waals surface area contributed by atoms with Gasteiger partial charge in [-0.3, -0.25) is 0 Å². The van der Waals surface area contributed by atoms with Crippen LogP contribution in [0.2, 0.25) is 0 Å². The molecule has 1 heterocycles. The van der Waals surface area contributed by atoms with Crippen molar-refractivity contribution in [3.63, 3.8) is 0 Å². The van der Waals surface area contributed by atoms with Crippen molar-refractivity contribution < 1.29 is 0 Å². The second-order valence-electron chi connectivity index (χ2n) is 3.73. The molecule has 0 bridgehead atoms. The zero-order valence-electron chi connectivity index (χ0n) is 8.01. The molecule has 1 aliphatic rings.